The standard InChI is InChI=1S/C33H37N5O3/c1-32(12-3-13-32)20-36-16-10-22(11-17-36)37-19-21(18-34-37)33(14-15-33)25-6-7-26-29-23(25)4-2-5-24(29)31(41)38(26)27-8-9-28(39)35-30(27)40/h2,4-7,18-19,22,27H,3,8-17,20H2,1H3,(H,35,39,40). The first kappa shape index (κ1) is 25.2. The maximum Gasteiger partial charge on any atom is 0.259 e. The first-order valence-electron chi connectivity index (χ1n) is 15.4. The maximum atomic E-state index is 13.6. The van der Waals surface area contributed by atoms with Gasteiger partial charge in [0.15, 0.2) is 0 Å². The molecule has 8 nitrogen and oxygen atoms in total. The third-order valence-corrected chi connectivity index (χ3v) is 10.8. The van der Waals surface area contributed by atoms with E-state index in [0.29, 0.717) is 23.4 Å². The molecule has 3 aromatic rings. The lowest BCUT2D eigenvalue weighted by Crippen LogP contribution is -2.53. The van der Waals surface area contributed by atoms with Gasteiger partial charge < -0.3 is 4.90 Å². The van der Waals surface area contributed by atoms with Crippen LogP contribution < -0.4 is 10.2 Å². The number of carbonyl (C=O) groups is 3. The SMILES string of the molecule is CC1(CN2CCC(n3cc(C4(c5ccc6c7c(cccc57)C(=O)N6C5CCC(=O)NC5=O)CC4)cn3)CC2)CCC1. The zero-order chi connectivity index (χ0) is 27.9. The minimum Gasteiger partial charge on any atom is -0.303 e. The van der Waals surface area contributed by atoms with E-state index in [1.54, 1.807) is 4.90 Å². The van der Waals surface area contributed by atoms with Crippen LogP contribution in [-0.2, 0) is 15.0 Å². The van der Waals surface area contributed by atoms with E-state index >= 15 is 0 Å². The zero-order valence-corrected chi connectivity index (χ0v) is 23.7. The third kappa shape index (κ3) is 3.90. The molecule has 5 aliphatic rings. The summed E-state index contributed by atoms with van der Waals surface area (Å²) in [5.74, 6) is -0.831. The van der Waals surface area contributed by atoms with Gasteiger partial charge in [-0.2, -0.15) is 5.10 Å². The Hall–Kier alpha value is -3.52. The van der Waals surface area contributed by atoms with Crippen LogP contribution in [0.15, 0.2) is 42.7 Å². The van der Waals surface area contributed by atoms with E-state index in [0.717, 1.165) is 55.2 Å². The number of anilines is 1. The maximum absolute atomic E-state index is 13.6. The van der Waals surface area contributed by atoms with Crippen molar-refractivity contribution in [3.8, 4) is 0 Å². The average molecular weight is 552 g/mol. The quantitative estimate of drug-likeness (QED) is 0.449. The minimum absolute atomic E-state index is 0.0972. The predicted molar refractivity (Wildman–Crippen MR) is 156 cm³/mol. The molecule has 3 amide bonds. The molecule has 41 heavy (non-hydrogen) atoms. The predicted octanol–water partition coefficient (Wildman–Crippen LogP) is 4.71. The Balaban J connectivity index is 1.07. The summed E-state index contributed by atoms with van der Waals surface area (Å²) in [6.07, 6.45) is 13.5. The smallest absolute Gasteiger partial charge is 0.259 e. The van der Waals surface area contributed by atoms with Crippen LogP contribution in [0.1, 0.15) is 92.2 Å². The van der Waals surface area contributed by atoms with Gasteiger partial charge in [0.1, 0.15) is 6.04 Å². The number of hydrogen-bond donors (Lipinski definition) is 1. The van der Waals surface area contributed by atoms with Crippen molar-refractivity contribution in [3.05, 3.63) is 59.4 Å². The van der Waals surface area contributed by atoms with Crippen LogP contribution in [0.5, 0.6) is 0 Å². The first-order valence-corrected chi connectivity index (χ1v) is 15.4. The Morgan fingerprint density at radius 1 is 1.00 bits per heavy atom. The molecule has 8 rings (SSSR count). The van der Waals surface area contributed by atoms with Gasteiger partial charge in [-0.15, -0.1) is 0 Å². The fourth-order valence-corrected chi connectivity index (χ4v) is 8.11. The first-order chi connectivity index (χ1) is 19.9. The molecule has 4 fully saturated rings. The molecule has 1 atom stereocenters. The summed E-state index contributed by atoms with van der Waals surface area (Å²) < 4.78 is 2.21. The summed E-state index contributed by atoms with van der Waals surface area (Å²) in [7, 11) is 0. The molecule has 2 aliphatic carbocycles. The van der Waals surface area contributed by atoms with Crippen LogP contribution in [0.4, 0.5) is 5.69 Å². The van der Waals surface area contributed by atoms with Crippen molar-refractivity contribution >= 4 is 34.2 Å². The van der Waals surface area contributed by atoms with Crippen molar-refractivity contribution in [1.82, 2.24) is 20.0 Å². The number of nitrogens with zero attached hydrogens (tertiary/aromatic N) is 4. The van der Waals surface area contributed by atoms with Crippen LogP contribution in [0.2, 0.25) is 0 Å². The van der Waals surface area contributed by atoms with Crippen LogP contribution in [0, 0.1) is 5.41 Å². The second-order valence-corrected chi connectivity index (χ2v) is 13.5. The lowest BCUT2D eigenvalue weighted by atomic mass is 9.70. The van der Waals surface area contributed by atoms with Crippen LogP contribution in [-0.4, -0.2) is 58.1 Å². The molecule has 0 spiro atoms. The fourth-order valence-electron chi connectivity index (χ4n) is 8.11. The Morgan fingerprint density at radius 2 is 1.80 bits per heavy atom. The minimum atomic E-state index is -0.669. The second kappa shape index (κ2) is 8.99. The van der Waals surface area contributed by atoms with E-state index in [9.17, 15) is 14.4 Å². The van der Waals surface area contributed by atoms with E-state index in [1.807, 2.05) is 18.2 Å². The Bertz CT molecular complexity index is 1590. The van der Waals surface area contributed by atoms with E-state index in [4.69, 9.17) is 5.10 Å². The summed E-state index contributed by atoms with van der Waals surface area (Å²) in [4.78, 5) is 42.3. The molecule has 1 unspecified atom stereocenters. The van der Waals surface area contributed by atoms with Crippen LogP contribution in [0.25, 0.3) is 10.8 Å². The summed E-state index contributed by atoms with van der Waals surface area (Å²) in [6.45, 7) is 5.97. The van der Waals surface area contributed by atoms with Gasteiger partial charge in [-0.05, 0) is 73.4 Å². The lowest BCUT2D eigenvalue weighted by molar-refractivity contribution is -0.134. The Labute approximate surface area is 240 Å². The van der Waals surface area contributed by atoms with Crippen LogP contribution in [0.3, 0.4) is 0 Å². The number of aromatic nitrogens is 2. The van der Waals surface area contributed by atoms with Gasteiger partial charge in [0.2, 0.25) is 11.8 Å². The van der Waals surface area contributed by atoms with E-state index < -0.39 is 11.9 Å². The van der Waals surface area contributed by atoms with Gasteiger partial charge in [-0.1, -0.05) is 31.5 Å². The van der Waals surface area contributed by atoms with Crippen LogP contribution >= 0.6 is 0 Å². The zero-order valence-electron chi connectivity index (χ0n) is 23.7. The lowest BCUT2D eigenvalue weighted by Gasteiger charge is -2.44. The number of amides is 3. The molecule has 1 aromatic heterocycles. The summed E-state index contributed by atoms with van der Waals surface area (Å²) >= 11 is 0. The fraction of sp³-hybridized carbons (Fsp3) is 0.515. The van der Waals surface area contributed by atoms with Gasteiger partial charge in [0, 0.05) is 54.2 Å². The highest BCUT2D eigenvalue weighted by atomic mass is 16.2. The molecule has 1 N–H and O–H groups in total. The summed E-state index contributed by atoms with van der Waals surface area (Å²) in [5, 5.41) is 9.30. The molecule has 212 valence electrons. The van der Waals surface area contributed by atoms with Gasteiger partial charge in [-0.25, -0.2) is 0 Å². The van der Waals surface area contributed by atoms with Crippen molar-refractivity contribution in [2.24, 2.45) is 5.41 Å². The number of nitrogens with one attached hydrogen (secondary N) is 1. The van der Waals surface area contributed by atoms with Crippen molar-refractivity contribution in [1.29, 1.82) is 0 Å². The molecule has 0 bridgehead atoms. The molecule has 3 aliphatic heterocycles. The largest absolute Gasteiger partial charge is 0.303 e. The van der Waals surface area contributed by atoms with Gasteiger partial charge in [-0.3, -0.25) is 29.3 Å². The average Bonchev–Trinajstić information content (AvgIpc) is 3.51. The summed E-state index contributed by atoms with van der Waals surface area (Å²) in [5.41, 5.74) is 4.34. The molecular formula is C33H37N5O3. The normalized spacial score (nSPS) is 25.4. The molecule has 0 radical (unpaired) electrons. The van der Waals surface area contributed by atoms with Crippen molar-refractivity contribution < 1.29 is 14.4 Å². The van der Waals surface area contributed by atoms with E-state index in [-0.39, 0.29) is 23.7 Å². The van der Waals surface area contributed by atoms with E-state index in [2.05, 4.69) is 46.3 Å². The molecule has 2 saturated heterocycles. The number of rotatable bonds is 6. The molecule has 2 saturated carbocycles. The van der Waals surface area contributed by atoms with Gasteiger partial charge >= 0.3 is 0 Å². The molecular weight excluding hydrogens is 514 g/mol. The van der Waals surface area contributed by atoms with Gasteiger partial charge in [0.05, 0.1) is 17.9 Å². The highest BCUT2D eigenvalue weighted by molar-refractivity contribution is 6.27. The number of benzene rings is 2. The third-order valence-electron chi connectivity index (χ3n) is 10.8. The summed E-state index contributed by atoms with van der Waals surface area (Å²) in [6, 6.07) is 9.87. The Kier molecular flexibility index (Phi) is 5.53. The number of imide groups is 1. The topological polar surface area (TPSA) is 87.5 Å². The molecule has 4 heterocycles. The van der Waals surface area contributed by atoms with Crippen molar-refractivity contribution in [2.75, 3.05) is 24.5 Å². The monoisotopic (exact) mass is 551 g/mol. The van der Waals surface area contributed by atoms with Crippen molar-refractivity contribution in [2.45, 2.75) is 82.2 Å². The highest BCUT2D eigenvalue weighted by Crippen LogP contribution is 2.57. The number of hydrogen-bond acceptors (Lipinski definition) is 5. The number of piperidine rings is 2. The number of likely N-dealkylation sites (tertiary alicyclic amines) is 1. The van der Waals surface area contributed by atoms with Gasteiger partial charge in [0.25, 0.3) is 5.91 Å². The van der Waals surface area contributed by atoms with Crippen molar-refractivity contribution in [3.63, 3.8) is 0 Å². The molecule has 2 aromatic carbocycles. The molecule has 8 heteroatoms. The number of carbonyl (C=O) groups excluding carboxylic acids is 3. The van der Waals surface area contributed by atoms with E-state index in [1.165, 1.54) is 36.9 Å². The Morgan fingerprint density at radius 3 is 2.51 bits per heavy atom. The second-order valence-electron chi connectivity index (χ2n) is 13.5. The highest BCUT2D eigenvalue weighted by Gasteiger charge is 2.49.